The van der Waals surface area contributed by atoms with E-state index in [-0.39, 0.29) is 44.4 Å². The van der Waals surface area contributed by atoms with Crippen LogP contribution in [0.5, 0.6) is 0 Å². The Morgan fingerprint density at radius 2 is 1.65 bits per heavy atom. The van der Waals surface area contributed by atoms with E-state index in [1.54, 1.807) is 0 Å². The highest BCUT2D eigenvalue weighted by Crippen LogP contribution is 2.44. The van der Waals surface area contributed by atoms with Crippen LogP contribution in [0.15, 0.2) is 48.5 Å². The molecule has 0 radical (unpaired) electrons. The highest BCUT2D eigenvalue weighted by Gasteiger charge is 2.29. The lowest BCUT2D eigenvalue weighted by Gasteiger charge is -2.17. The van der Waals surface area contributed by atoms with E-state index >= 15 is 0 Å². The zero-order valence-electron chi connectivity index (χ0n) is 17.3. The van der Waals surface area contributed by atoms with Crippen LogP contribution >= 0.6 is 0 Å². The molecule has 8 nitrogen and oxygen atoms in total. The van der Waals surface area contributed by atoms with Crippen LogP contribution in [0.1, 0.15) is 29.9 Å². The van der Waals surface area contributed by atoms with Crippen LogP contribution < -0.4 is 10.6 Å². The number of nitrogens with one attached hydrogen (secondary N) is 2. The van der Waals surface area contributed by atoms with Gasteiger partial charge in [0.25, 0.3) is 0 Å². The Morgan fingerprint density at radius 3 is 2.23 bits per heavy atom. The first-order valence-electron chi connectivity index (χ1n) is 10.1. The van der Waals surface area contributed by atoms with Gasteiger partial charge in [-0.3, -0.25) is 4.79 Å². The number of carbonyl (C=O) groups is 3. The summed E-state index contributed by atoms with van der Waals surface area (Å²) in [6.07, 6.45) is -0.577. The van der Waals surface area contributed by atoms with Crippen LogP contribution in [0.3, 0.4) is 0 Å². The van der Waals surface area contributed by atoms with E-state index in [0.29, 0.717) is 0 Å². The molecule has 0 aromatic heterocycles. The van der Waals surface area contributed by atoms with Crippen molar-refractivity contribution in [3.63, 3.8) is 0 Å². The number of aliphatic carboxylic acids is 1. The van der Waals surface area contributed by atoms with Gasteiger partial charge in [-0.05, 0) is 28.7 Å². The number of methoxy groups -OCH3 is 1. The van der Waals surface area contributed by atoms with Crippen molar-refractivity contribution >= 4 is 18.0 Å². The summed E-state index contributed by atoms with van der Waals surface area (Å²) in [6, 6.07) is 14.7. The molecule has 0 spiro atoms. The highest BCUT2D eigenvalue weighted by atomic mass is 16.5. The van der Waals surface area contributed by atoms with Gasteiger partial charge in [0, 0.05) is 26.0 Å². The van der Waals surface area contributed by atoms with Crippen LogP contribution in [0.4, 0.5) is 4.79 Å². The molecule has 8 heteroatoms. The third-order valence-corrected chi connectivity index (χ3v) is 5.22. The van der Waals surface area contributed by atoms with E-state index in [2.05, 4.69) is 10.6 Å². The number of alkyl carbamates (subject to hydrolysis) is 1. The summed E-state index contributed by atoms with van der Waals surface area (Å²) in [7, 11) is 1.49. The number of carboxylic acids is 1. The van der Waals surface area contributed by atoms with Crippen molar-refractivity contribution in [2.75, 3.05) is 26.9 Å². The summed E-state index contributed by atoms with van der Waals surface area (Å²) in [5, 5.41) is 14.3. The number of rotatable bonds is 10. The van der Waals surface area contributed by atoms with Crippen molar-refractivity contribution in [3.8, 4) is 11.1 Å². The highest BCUT2D eigenvalue weighted by molar-refractivity contribution is 5.81. The summed E-state index contributed by atoms with van der Waals surface area (Å²) in [4.78, 5) is 35.3. The lowest BCUT2D eigenvalue weighted by molar-refractivity contribution is -0.139. The van der Waals surface area contributed by atoms with E-state index in [9.17, 15) is 19.5 Å². The van der Waals surface area contributed by atoms with Crippen LogP contribution in [-0.4, -0.2) is 56.0 Å². The average molecular weight is 426 g/mol. The van der Waals surface area contributed by atoms with Crippen molar-refractivity contribution in [2.45, 2.75) is 24.8 Å². The second-order valence-corrected chi connectivity index (χ2v) is 7.24. The molecule has 164 valence electrons. The quantitative estimate of drug-likeness (QED) is 0.538. The normalized spacial score (nSPS) is 13.1. The Hall–Kier alpha value is -3.39. The smallest absolute Gasteiger partial charge is 0.407 e. The Labute approximate surface area is 180 Å². The summed E-state index contributed by atoms with van der Waals surface area (Å²) in [5.74, 6) is -1.55. The van der Waals surface area contributed by atoms with Crippen LogP contribution in [0.2, 0.25) is 0 Å². The summed E-state index contributed by atoms with van der Waals surface area (Å²) in [6.45, 7) is 0.495. The molecule has 3 N–H and O–H groups in total. The summed E-state index contributed by atoms with van der Waals surface area (Å²) >= 11 is 0. The second-order valence-electron chi connectivity index (χ2n) is 7.24. The van der Waals surface area contributed by atoms with Crippen LogP contribution in [0.25, 0.3) is 11.1 Å². The molecule has 0 aliphatic heterocycles. The van der Waals surface area contributed by atoms with E-state index in [1.165, 1.54) is 7.11 Å². The molecule has 1 aliphatic carbocycles. The first kappa shape index (κ1) is 22.3. The fourth-order valence-electron chi connectivity index (χ4n) is 3.68. The van der Waals surface area contributed by atoms with Gasteiger partial charge >= 0.3 is 12.1 Å². The van der Waals surface area contributed by atoms with Crippen molar-refractivity contribution in [1.29, 1.82) is 0 Å². The predicted molar refractivity (Wildman–Crippen MR) is 114 cm³/mol. The molecule has 2 aromatic rings. The number of hydrogen-bond acceptors (Lipinski definition) is 5. The molecule has 0 fully saturated rings. The largest absolute Gasteiger partial charge is 0.480 e. The van der Waals surface area contributed by atoms with Gasteiger partial charge in [-0.15, -0.1) is 0 Å². The maximum atomic E-state index is 12.3. The van der Waals surface area contributed by atoms with Crippen LogP contribution in [0, 0.1) is 0 Å². The number of hydrogen-bond donors (Lipinski definition) is 3. The van der Waals surface area contributed by atoms with Crippen molar-refractivity contribution in [1.82, 2.24) is 10.6 Å². The predicted octanol–water partition coefficient (Wildman–Crippen LogP) is 2.52. The molecule has 31 heavy (non-hydrogen) atoms. The molecule has 0 bridgehead atoms. The molecule has 2 aromatic carbocycles. The van der Waals surface area contributed by atoms with E-state index in [0.717, 1.165) is 22.3 Å². The van der Waals surface area contributed by atoms with Crippen molar-refractivity contribution in [2.24, 2.45) is 0 Å². The minimum atomic E-state index is -1.19. The Morgan fingerprint density at radius 1 is 1.03 bits per heavy atom. The SMILES string of the molecule is COCCC(=O)NCC[C@H](NC(=O)OCC1c2ccccc2-c2ccccc21)C(=O)O. The fraction of sp³-hybridized carbons (Fsp3) is 0.348. The van der Waals surface area contributed by atoms with Gasteiger partial charge in [0.15, 0.2) is 0 Å². The minimum Gasteiger partial charge on any atom is -0.480 e. The summed E-state index contributed by atoms with van der Waals surface area (Å²) < 4.78 is 10.2. The maximum Gasteiger partial charge on any atom is 0.407 e. The van der Waals surface area contributed by atoms with E-state index < -0.39 is 18.1 Å². The standard InChI is InChI=1S/C23H26N2O6/c1-30-13-11-21(26)24-12-10-20(22(27)28)25-23(29)31-14-19-17-8-4-2-6-15(17)16-7-3-5-9-18(16)19/h2-9,19-20H,10-14H2,1H3,(H,24,26)(H,25,29)(H,27,28)/t20-/m0/s1. The number of ether oxygens (including phenoxy) is 2. The number of carbonyl (C=O) groups excluding carboxylic acids is 2. The number of fused-ring (bicyclic) bond motifs is 3. The molecule has 2 amide bonds. The van der Waals surface area contributed by atoms with Gasteiger partial charge in [-0.1, -0.05) is 48.5 Å². The third kappa shape index (κ3) is 5.61. The number of amides is 2. The molecule has 3 rings (SSSR count). The number of carboxylic acid groups (broad SMARTS) is 1. The molecule has 1 aliphatic rings. The van der Waals surface area contributed by atoms with Crippen molar-refractivity contribution < 1.29 is 29.0 Å². The van der Waals surface area contributed by atoms with Gasteiger partial charge in [0.2, 0.25) is 5.91 Å². The number of benzene rings is 2. The zero-order valence-corrected chi connectivity index (χ0v) is 17.3. The minimum absolute atomic E-state index is 0.0399. The zero-order chi connectivity index (χ0) is 22.2. The fourth-order valence-corrected chi connectivity index (χ4v) is 3.68. The second kappa shape index (κ2) is 10.6. The van der Waals surface area contributed by atoms with Crippen molar-refractivity contribution in [3.05, 3.63) is 59.7 Å². The maximum absolute atomic E-state index is 12.3. The van der Waals surface area contributed by atoms with Gasteiger partial charge in [-0.25, -0.2) is 9.59 Å². The van der Waals surface area contributed by atoms with Gasteiger partial charge in [0.05, 0.1) is 6.61 Å². The monoisotopic (exact) mass is 426 g/mol. The first-order chi connectivity index (χ1) is 15.0. The molecular weight excluding hydrogens is 400 g/mol. The first-order valence-corrected chi connectivity index (χ1v) is 10.1. The van der Waals surface area contributed by atoms with Gasteiger partial charge in [-0.2, -0.15) is 0 Å². The Bertz CT molecular complexity index is 900. The third-order valence-electron chi connectivity index (χ3n) is 5.22. The lowest BCUT2D eigenvalue weighted by atomic mass is 9.98. The van der Waals surface area contributed by atoms with Gasteiger partial charge < -0.3 is 25.2 Å². The summed E-state index contributed by atoms with van der Waals surface area (Å²) in [5.41, 5.74) is 4.37. The van der Waals surface area contributed by atoms with E-state index in [1.807, 2.05) is 48.5 Å². The lowest BCUT2D eigenvalue weighted by Crippen LogP contribution is -2.43. The molecule has 0 saturated heterocycles. The van der Waals surface area contributed by atoms with Crippen LogP contribution in [-0.2, 0) is 19.1 Å². The van der Waals surface area contributed by atoms with Gasteiger partial charge in [0.1, 0.15) is 12.6 Å². The van der Waals surface area contributed by atoms with E-state index in [4.69, 9.17) is 9.47 Å². The molecular formula is C23H26N2O6. The molecule has 0 unspecified atom stereocenters. The topological polar surface area (TPSA) is 114 Å². The Kier molecular flexibility index (Phi) is 7.61. The Balaban J connectivity index is 1.54. The average Bonchev–Trinajstić information content (AvgIpc) is 3.09. The molecule has 1 atom stereocenters. The molecule has 0 heterocycles. The molecule has 0 saturated carbocycles.